The second kappa shape index (κ2) is 7.81. The van der Waals surface area contributed by atoms with Crippen molar-refractivity contribution in [3.63, 3.8) is 0 Å². The van der Waals surface area contributed by atoms with Crippen LogP contribution in [0.25, 0.3) is 0 Å². The number of nitrogens with one attached hydrogen (secondary N) is 3. The van der Waals surface area contributed by atoms with Crippen molar-refractivity contribution in [2.45, 2.75) is 45.1 Å². The van der Waals surface area contributed by atoms with Crippen molar-refractivity contribution < 1.29 is 4.79 Å². The summed E-state index contributed by atoms with van der Waals surface area (Å²) in [4.78, 5) is 16.4. The zero-order chi connectivity index (χ0) is 16.8. The van der Waals surface area contributed by atoms with E-state index in [9.17, 15) is 4.79 Å². The molecule has 0 atom stereocenters. The normalized spacial score (nSPS) is 14.9. The average molecular weight is 324 g/mol. The van der Waals surface area contributed by atoms with E-state index in [1.165, 1.54) is 19.3 Å². The quantitative estimate of drug-likeness (QED) is 0.770. The fourth-order valence-electron chi connectivity index (χ4n) is 2.99. The van der Waals surface area contributed by atoms with Crippen molar-refractivity contribution in [2.24, 2.45) is 0 Å². The van der Waals surface area contributed by atoms with Crippen molar-refractivity contribution in [3.8, 4) is 0 Å². The van der Waals surface area contributed by atoms with Crippen LogP contribution in [0.2, 0.25) is 0 Å². The molecule has 1 aromatic carbocycles. The molecule has 1 aliphatic rings. The highest BCUT2D eigenvalue weighted by Gasteiger charge is 2.15. The molecule has 0 aliphatic heterocycles. The third-order valence-corrected chi connectivity index (χ3v) is 4.37. The Morgan fingerprint density at radius 1 is 1.08 bits per heavy atom. The number of hydrogen-bond acceptors (Lipinski definition) is 3. The molecule has 0 bridgehead atoms. The van der Waals surface area contributed by atoms with Crippen molar-refractivity contribution in [1.29, 1.82) is 0 Å². The number of amides is 2. The first-order valence-electron chi connectivity index (χ1n) is 8.57. The molecular weight excluding hydrogens is 300 g/mol. The Labute approximate surface area is 142 Å². The van der Waals surface area contributed by atoms with E-state index in [1.807, 2.05) is 43.3 Å². The first-order chi connectivity index (χ1) is 11.7. The summed E-state index contributed by atoms with van der Waals surface area (Å²) in [6, 6.07) is 11.9. The summed E-state index contributed by atoms with van der Waals surface area (Å²) in [6.07, 6.45) is 7.49. The lowest BCUT2D eigenvalue weighted by Crippen LogP contribution is -2.39. The van der Waals surface area contributed by atoms with Crippen LogP contribution < -0.4 is 16.0 Å². The number of carbonyl (C=O) groups is 1. The van der Waals surface area contributed by atoms with Gasteiger partial charge in [0, 0.05) is 11.7 Å². The van der Waals surface area contributed by atoms with Gasteiger partial charge in [-0.2, -0.15) is 0 Å². The van der Waals surface area contributed by atoms with E-state index in [-0.39, 0.29) is 6.03 Å². The van der Waals surface area contributed by atoms with Crippen molar-refractivity contribution in [1.82, 2.24) is 10.3 Å². The number of rotatable bonds is 4. The summed E-state index contributed by atoms with van der Waals surface area (Å²) >= 11 is 0. The number of pyridine rings is 1. The smallest absolute Gasteiger partial charge is 0.319 e. The summed E-state index contributed by atoms with van der Waals surface area (Å²) < 4.78 is 0. The standard InChI is InChI=1S/C19H24N4O/c1-14-7-5-6-10-17(14)23-18-12-11-16(13-20-18)22-19(24)21-15-8-3-2-4-9-15/h5-7,10-13,15H,2-4,8-9H2,1H3,(H,20,23)(H2,21,22,24). The first kappa shape index (κ1) is 16.3. The Hall–Kier alpha value is -2.56. The van der Waals surface area contributed by atoms with E-state index in [2.05, 4.69) is 20.9 Å². The molecular formula is C19H24N4O. The summed E-state index contributed by atoms with van der Waals surface area (Å²) in [5.41, 5.74) is 2.88. The molecule has 2 aromatic rings. The number of anilines is 3. The number of aromatic nitrogens is 1. The highest BCUT2D eigenvalue weighted by atomic mass is 16.2. The van der Waals surface area contributed by atoms with Gasteiger partial charge in [-0.3, -0.25) is 0 Å². The van der Waals surface area contributed by atoms with Gasteiger partial charge in [0.25, 0.3) is 0 Å². The van der Waals surface area contributed by atoms with Gasteiger partial charge < -0.3 is 16.0 Å². The van der Waals surface area contributed by atoms with Crippen LogP contribution in [0.3, 0.4) is 0 Å². The molecule has 1 aliphatic carbocycles. The molecule has 1 aromatic heterocycles. The molecule has 0 saturated heterocycles. The lowest BCUT2D eigenvalue weighted by molar-refractivity contribution is 0.244. The van der Waals surface area contributed by atoms with Gasteiger partial charge in [0.2, 0.25) is 0 Å². The van der Waals surface area contributed by atoms with Crippen LogP contribution in [0.15, 0.2) is 42.6 Å². The van der Waals surface area contributed by atoms with E-state index in [0.717, 1.165) is 29.9 Å². The van der Waals surface area contributed by atoms with Crippen LogP contribution in [0.5, 0.6) is 0 Å². The third kappa shape index (κ3) is 4.47. The Balaban J connectivity index is 1.54. The molecule has 1 fully saturated rings. The van der Waals surface area contributed by atoms with E-state index in [4.69, 9.17) is 0 Å². The van der Waals surface area contributed by atoms with Gasteiger partial charge in [-0.05, 0) is 43.5 Å². The number of benzene rings is 1. The monoisotopic (exact) mass is 324 g/mol. The average Bonchev–Trinajstić information content (AvgIpc) is 2.59. The minimum atomic E-state index is -0.150. The zero-order valence-corrected chi connectivity index (χ0v) is 14.0. The summed E-state index contributed by atoms with van der Waals surface area (Å²) in [7, 11) is 0. The maximum absolute atomic E-state index is 12.0. The largest absolute Gasteiger partial charge is 0.340 e. The van der Waals surface area contributed by atoms with Gasteiger partial charge >= 0.3 is 6.03 Å². The number of nitrogens with zero attached hydrogens (tertiary/aromatic N) is 1. The Morgan fingerprint density at radius 3 is 2.58 bits per heavy atom. The van der Waals surface area contributed by atoms with E-state index >= 15 is 0 Å². The maximum Gasteiger partial charge on any atom is 0.319 e. The molecule has 2 amide bonds. The summed E-state index contributed by atoms with van der Waals surface area (Å²) in [6.45, 7) is 2.05. The molecule has 0 unspecified atom stereocenters. The molecule has 3 N–H and O–H groups in total. The summed E-state index contributed by atoms with van der Waals surface area (Å²) in [5, 5.41) is 9.17. The predicted molar refractivity (Wildman–Crippen MR) is 97.7 cm³/mol. The fourth-order valence-corrected chi connectivity index (χ4v) is 2.99. The van der Waals surface area contributed by atoms with E-state index < -0.39 is 0 Å². The number of aryl methyl sites for hydroxylation is 1. The minimum Gasteiger partial charge on any atom is -0.340 e. The molecule has 24 heavy (non-hydrogen) atoms. The van der Waals surface area contributed by atoms with E-state index in [0.29, 0.717) is 11.7 Å². The Kier molecular flexibility index (Phi) is 5.31. The van der Waals surface area contributed by atoms with Crippen LogP contribution in [0, 0.1) is 6.92 Å². The highest BCUT2D eigenvalue weighted by Crippen LogP contribution is 2.20. The molecule has 0 radical (unpaired) electrons. The third-order valence-electron chi connectivity index (χ3n) is 4.37. The first-order valence-corrected chi connectivity index (χ1v) is 8.57. The zero-order valence-electron chi connectivity index (χ0n) is 14.0. The van der Waals surface area contributed by atoms with Crippen molar-refractivity contribution >= 4 is 23.2 Å². The molecule has 5 nitrogen and oxygen atoms in total. The highest BCUT2D eigenvalue weighted by molar-refractivity contribution is 5.89. The van der Waals surface area contributed by atoms with Gasteiger partial charge in [-0.25, -0.2) is 9.78 Å². The Bertz CT molecular complexity index is 678. The molecule has 0 spiro atoms. The van der Waals surface area contributed by atoms with Crippen LogP contribution in [-0.2, 0) is 0 Å². The second-order valence-corrected chi connectivity index (χ2v) is 6.31. The van der Waals surface area contributed by atoms with Gasteiger partial charge in [-0.15, -0.1) is 0 Å². The number of hydrogen-bond donors (Lipinski definition) is 3. The van der Waals surface area contributed by atoms with Crippen molar-refractivity contribution in [2.75, 3.05) is 10.6 Å². The van der Waals surface area contributed by atoms with E-state index in [1.54, 1.807) is 6.20 Å². The van der Waals surface area contributed by atoms with Crippen LogP contribution in [0.4, 0.5) is 22.0 Å². The van der Waals surface area contributed by atoms with Gasteiger partial charge in [0.1, 0.15) is 5.82 Å². The van der Waals surface area contributed by atoms with Gasteiger partial charge in [0.15, 0.2) is 0 Å². The SMILES string of the molecule is Cc1ccccc1Nc1ccc(NC(=O)NC2CCCCC2)cn1. The summed E-state index contributed by atoms with van der Waals surface area (Å²) in [5.74, 6) is 0.752. The molecule has 1 saturated carbocycles. The Morgan fingerprint density at radius 2 is 1.88 bits per heavy atom. The molecule has 5 heteroatoms. The van der Waals surface area contributed by atoms with Crippen LogP contribution in [0.1, 0.15) is 37.7 Å². The molecule has 3 rings (SSSR count). The maximum atomic E-state index is 12.0. The lowest BCUT2D eigenvalue weighted by atomic mass is 9.96. The molecule has 1 heterocycles. The molecule has 126 valence electrons. The predicted octanol–water partition coefficient (Wildman–Crippen LogP) is 4.59. The second-order valence-electron chi connectivity index (χ2n) is 6.31. The number of carbonyl (C=O) groups excluding carboxylic acids is 1. The van der Waals surface area contributed by atoms with Gasteiger partial charge in [-0.1, -0.05) is 37.5 Å². The minimum absolute atomic E-state index is 0.150. The lowest BCUT2D eigenvalue weighted by Gasteiger charge is -2.22. The number of para-hydroxylation sites is 1. The van der Waals surface area contributed by atoms with Gasteiger partial charge in [0.05, 0.1) is 11.9 Å². The van der Waals surface area contributed by atoms with Crippen LogP contribution >= 0.6 is 0 Å². The van der Waals surface area contributed by atoms with Crippen molar-refractivity contribution in [3.05, 3.63) is 48.2 Å². The number of urea groups is 1. The fraction of sp³-hybridized carbons (Fsp3) is 0.368. The topological polar surface area (TPSA) is 66.0 Å². The van der Waals surface area contributed by atoms with Crippen LogP contribution in [-0.4, -0.2) is 17.1 Å².